The second-order valence-electron chi connectivity index (χ2n) is 6.95. The van der Waals surface area contributed by atoms with Crippen LogP contribution in [0, 0.1) is 11.7 Å². The first-order valence-corrected chi connectivity index (χ1v) is 10.5. The third-order valence-corrected chi connectivity index (χ3v) is 6.24. The van der Waals surface area contributed by atoms with Gasteiger partial charge in [-0.15, -0.1) is 0 Å². The molecule has 0 saturated carbocycles. The fourth-order valence-corrected chi connectivity index (χ4v) is 4.12. The summed E-state index contributed by atoms with van der Waals surface area (Å²) < 4.78 is 40.5. The van der Waals surface area contributed by atoms with Gasteiger partial charge in [0.25, 0.3) is 5.91 Å². The van der Waals surface area contributed by atoms with Crippen LogP contribution in [0.3, 0.4) is 0 Å². The SMILES string of the molecule is CC1CCN(C(=O)c2cccc(S(=O)(=O)NCc3ccc(F)cc3)c2)CC1. The van der Waals surface area contributed by atoms with E-state index in [0.717, 1.165) is 12.8 Å². The Balaban J connectivity index is 1.71. The van der Waals surface area contributed by atoms with E-state index >= 15 is 0 Å². The summed E-state index contributed by atoms with van der Waals surface area (Å²) in [6, 6.07) is 11.7. The van der Waals surface area contributed by atoms with E-state index in [0.29, 0.717) is 30.1 Å². The molecule has 5 nitrogen and oxygen atoms in total. The van der Waals surface area contributed by atoms with Crippen LogP contribution in [0.2, 0.25) is 0 Å². The third-order valence-electron chi connectivity index (χ3n) is 4.84. The number of amides is 1. The van der Waals surface area contributed by atoms with Gasteiger partial charge in [-0.1, -0.05) is 25.1 Å². The minimum Gasteiger partial charge on any atom is -0.339 e. The first-order valence-electron chi connectivity index (χ1n) is 8.98. The number of benzene rings is 2. The molecule has 27 heavy (non-hydrogen) atoms. The van der Waals surface area contributed by atoms with Gasteiger partial charge in [0.05, 0.1) is 4.90 Å². The minimum atomic E-state index is -3.78. The fraction of sp³-hybridized carbons (Fsp3) is 0.350. The van der Waals surface area contributed by atoms with Crippen LogP contribution >= 0.6 is 0 Å². The molecule has 1 aliphatic rings. The Morgan fingerprint density at radius 3 is 2.48 bits per heavy atom. The van der Waals surface area contributed by atoms with Gasteiger partial charge in [-0.3, -0.25) is 4.79 Å². The lowest BCUT2D eigenvalue weighted by molar-refractivity contribution is 0.0697. The zero-order chi connectivity index (χ0) is 19.4. The van der Waals surface area contributed by atoms with E-state index in [1.54, 1.807) is 17.0 Å². The van der Waals surface area contributed by atoms with Crippen LogP contribution in [0.15, 0.2) is 53.4 Å². The number of piperidine rings is 1. The number of hydrogen-bond acceptors (Lipinski definition) is 3. The molecule has 0 radical (unpaired) electrons. The number of carbonyl (C=O) groups excluding carboxylic acids is 1. The predicted octanol–water partition coefficient (Wildman–Crippen LogP) is 3.18. The molecule has 1 heterocycles. The minimum absolute atomic E-state index is 0.0424. The summed E-state index contributed by atoms with van der Waals surface area (Å²) in [6.45, 7) is 3.60. The number of carbonyl (C=O) groups is 1. The molecule has 144 valence electrons. The molecule has 0 bridgehead atoms. The van der Waals surface area contributed by atoms with Gasteiger partial charge in [-0.2, -0.15) is 0 Å². The lowest BCUT2D eigenvalue weighted by Crippen LogP contribution is -2.38. The van der Waals surface area contributed by atoms with Crippen molar-refractivity contribution in [2.45, 2.75) is 31.2 Å². The van der Waals surface area contributed by atoms with Gasteiger partial charge in [0, 0.05) is 25.2 Å². The van der Waals surface area contributed by atoms with E-state index in [1.807, 2.05) is 0 Å². The Morgan fingerprint density at radius 2 is 1.81 bits per heavy atom. The molecule has 1 amide bonds. The van der Waals surface area contributed by atoms with Crippen molar-refractivity contribution in [2.24, 2.45) is 5.92 Å². The molecule has 2 aromatic carbocycles. The number of nitrogens with one attached hydrogen (secondary N) is 1. The smallest absolute Gasteiger partial charge is 0.253 e. The Kier molecular flexibility index (Phi) is 5.92. The summed E-state index contributed by atoms with van der Waals surface area (Å²) in [6.07, 6.45) is 1.92. The van der Waals surface area contributed by atoms with E-state index in [1.165, 1.54) is 36.4 Å². The third kappa shape index (κ3) is 4.93. The second kappa shape index (κ2) is 8.19. The maximum Gasteiger partial charge on any atom is 0.253 e. The molecule has 2 aromatic rings. The molecular weight excluding hydrogens is 367 g/mol. The topological polar surface area (TPSA) is 66.5 Å². The zero-order valence-electron chi connectivity index (χ0n) is 15.2. The van der Waals surface area contributed by atoms with Crippen LogP contribution in [0.5, 0.6) is 0 Å². The van der Waals surface area contributed by atoms with Crippen molar-refractivity contribution in [1.82, 2.24) is 9.62 Å². The predicted molar refractivity (Wildman–Crippen MR) is 101 cm³/mol. The van der Waals surface area contributed by atoms with E-state index < -0.39 is 10.0 Å². The van der Waals surface area contributed by atoms with Crippen molar-refractivity contribution in [1.29, 1.82) is 0 Å². The van der Waals surface area contributed by atoms with Crippen molar-refractivity contribution in [3.05, 3.63) is 65.5 Å². The normalized spacial score (nSPS) is 15.7. The van der Waals surface area contributed by atoms with Crippen molar-refractivity contribution < 1.29 is 17.6 Å². The Hall–Kier alpha value is -2.25. The largest absolute Gasteiger partial charge is 0.339 e. The highest BCUT2D eigenvalue weighted by Crippen LogP contribution is 2.20. The highest BCUT2D eigenvalue weighted by Gasteiger charge is 2.23. The average molecular weight is 390 g/mol. The molecule has 0 aliphatic carbocycles. The quantitative estimate of drug-likeness (QED) is 0.853. The molecule has 1 N–H and O–H groups in total. The second-order valence-corrected chi connectivity index (χ2v) is 8.72. The highest BCUT2D eigenvalue weighted by atomic mass is 32.2. The summed E-state index contributed by atoms with van der Waals surface area (Å²) in [7, 11) is -3.78. The lowest BCUT2D eigenvalue weighted by Gasteiger charge is -2.30. The molecule has 1 fully saturated rings. The molecule has 0 spiro atoms. The van der Waals surface area contributed by atoms with Gasteiger partial charge in [-0.25, -0.2) is 17.5 Å². The van der Waals surface area contributed by atoms with Crippen molar-refractivity contribution in [3.63, 3.8) is 0 Å². The van der Waals surface area contributed by atoms with Crippen LogP contribution < -0.4 is 4.72 Å². The van der Waals surface area contributed by atoms with Gasteiger partial charge < -0.3 is 4.90 Å². The average Bonchev–Trinajstić information content (AvgIpc) is 2.68. The van der Waals surface area contributed by atoms with Crippen LogP contribution in [-0.4, -0.2) is 32.3 Å². The number of nitrogens with zero attached hydrogens (tertiary/aromatic N) is 1. The Morgan fingerprint density at radius 1 is 1.15 bits per heavy atom. The number of halogens is 1. The van der Waals surface area contributed by atoms with Crippen LogP contribution in [0.1, 0.15) is 35.7 Å². The van der Waals surface area contributed by atoms with Gasteiger partial charge in [-0.05, 0) is 54.7 Å². The number of rotatable bonds is 5. The van der Waals surface area contributed by atoms with Crippen molar-refractivity contribution in [3.8, 4) is 0 Å². The van der Waals surface area contributed by atoms with Crippen molar-refractivity contribution in [2.75, 3.05) is 13.1 Å². The molecule has 0 atom stereocenters. The standard InChI is InChI=1S/C20H23FN2O3S/c1-15-9-11-23(12-10-15)20(24)17-3-2-4-19(13-17)27(25,26)22-14-16-5-7-18(21)8-6-16/h2-8,13,15,22H,9-12,14H2,1H3. The number of hydrogen-bond donors (Lipinski definition) is 1. The molecular formula is C20H23FN2O3S. The molecule has 0 aromatic heterocycles. The zero-order valence-corrected chi connectivity index (χ0v) is 16.0. The van der Waals surface area contributed by atoms with Gasteiger partial charge >= 0.3 is 0 Å². The summed E-state index contributed by atoms with van der Waals surface area (Å²) in [4.78, 5) is 14.5. The number of sulfonamides is 1. The van der Waals surface area contributed by atoms with E-state index in [2.05, 4.69) is 11.6 Å². The maximum atomic E-state index is 12.9. The molecule has 1 saturated heterocycles. The Labute approximate surface area is 159 Å². The van der Waals surface area contributed by atoms with E-state index in [-0.39, 0.29) is 23.2 Å². The summed E-state index contributed by atoms with van der Waals surface area (Å²) in [5, 5.41) is 0. The first kappa shape index (κ1) is 19.5. The first-order chi connectivity index (χ1) is 12.8. The maximum absolute atomic E-state index is 12.9. The summed E-state index contributed by atoms with van der Waals surface area (Å²) in [5.41, 5.74) is 1.02. The van der Waals surface area contributed by atoms with Gasteiger partial charge in [0.2, 0.25) is 10.0 Å². The van der Waals surface area contributed by atoms with Crippen LogP contribution in [-0.2, 0) is 16.6 Å². The monoisotopic (exact) mass is 390 g/mol. The number of likely N-dealkylation sites (tertiary alicyclic amines) is 1. The summed E-state index contributed by atoms with van der Waals surface area (Å²) >= 11 is 0. The van der Waals surface area contributed by atoms with Gasteiger partial charge in [0.1, 0.15) is 5.82 Å². The van der Waals surface area contributed by atoms with Crippen molar-refractivity contribution >= 4 is 15.9 Å². The molecule has 1 aliphatic heterocycles. The van der Waals surface area contributed by atoms with Crippen LogP contribution in [0.25, 0.3) is 0 Å². The fourth-order valence-electron chi connectivity index (χ4n) is 3.05. The van der Waals surface area contributed by atoms with E-state index in [4.69, 9.17) is 0 Å². The molecule has 3 rings (SSSR count). The van der Waals surface area contributed by atoms with Crippen LogP contribution in [0.4, 0.5) is 4.39 Å². The highest BCUT2D eigenvalue weighted by molar-refractivity contribution is 7.89. The van der Waals surface area contributed by atoms with Gasteiger partial charge in [0.15, 0.2) is 0 Å². The Bertz CT molecular complexity index is 905. The molecule has 0 unspecified atom stereocenters. The lowest BCUT2D eigenvalue weighted by atomic mass is 9.98. The molecule has 7 heteroatoms. The summed E-state index contributed by atoms with van der Waals surface area (Å²) in [5.74, 6) is 0.0915. The van der Waals surface area contributed by atoms with E-state index in [9.17, 15) is 17.6 Å².